The van der Waals surface area contributed by atoms with Gasteiger partial charge in [0.05, 0.1) is 22.5 Å². The predicted octanol–water partition coefficient (Wildman–Crippen LogP) is 5.17. The van der Waals surface area contributed by atoms with Crippen molar-refractivity contribution in [3.63, 3.8) is 0 Å². The molecule has 0 bridgehead atoms. The molecule has 1 aromatic heterocycles. The highest BCUT2D eigenvalue weighted by Crippen LogP contribution is 2.26. The van der Waals surface area contributed by atoms with Crippen molar-refractivity contribution in [2.45, 2.75) is 20.3 Å². The third kappa shape index (κ3) is 4.30. The molecule has 32 heavy (non-hydrogen) atoms. The molecule has 0 unspecified atom stereocenters. The summed E-state index contributed by atoms with van der Waals surface area (Å²) in [5, 5.41) is 24.8. The molecule has 6 heteroatoms. The molecule has 3 aromatic carbocycles. The van der Waals surface area contributed by atoms with E-state index in [0.717, 1.165) is 16.5 Å². The van der Waals surface area contributed by atoms with Crippen molar-refractivity contribution in [3.8, 4) is 22.8 Å². The smallest absolute Gasteiger partial charge is 0.272 e. The van der Waals surface area contributed by atoms with Gasteiger partial charge in [-0.1, -0.05) is 48.9 Å². The molecule has 4 rings (SSSR count). The lowest BCUT2D eigenvalue weighted by Crippen LogP contribution is -2.20. The maximum absolute atomic E-state index is 13.2. The zero-order valence-electron chi connectivity index (χ0n) is 17.8. The normalized spacial score (nSPS) is 11.5. The van der Waals surface area contributed by atoms with Gasteiger partial charge in [0.15, 0.2) is 0 Å². The summed E-state index contributed by atoms with van der Waals surface area (Å²) in [6.07, 6.45) is 0.447. The van der Waals surface area contributed by atoms with Crippen LogP contribution in [-0.2, 0) is 0 Å². The molecule has 0 saturated carbocycles. The molecule has 0 aliphatic carbocycles. The minimum atomic E-state index is -0.386. The van der Waals surface area contributed by atoms with Crippen LogP contribution in [0.2, 0.25) is 0 Å². The number of rotatable bonds is 5. The highest BCUT2D eigenvalue weighted by Gasteiger charge is 2.15. The number of pyridine rings is 1. The van der Waals surface area contributed by atoms with E-state index in [1.165, 1.54) is 18.2 Å². The van der Waals surface area contributed by atoms with E-state index in [9.17, 15) is 15.0 Å². The maximum Gasteiger partial charge on any atom is 0.272 e. The monoisotopic (exact) mass is 425 g/mol. The Balaban J connectivity index is 1.74. The van der Waals surface area contributed by atoms with Gasteiger partial charge in [-0.2, -0.15) is 5.10 Å². The first-order valence-electron chi connectivity index (χ1n) is 10.3. The quantitative estimate of drug-likeness (QED) is 0.234. The van der Waals surface area contributed by atoms with Crippen LogP contribution in [0.15, 0.2) is 77.9 Å². The number of para-hydroxylation sites is 1. The fraction of sp³-hybridized carbons (Fsp3) is 0.115. The van der Waals surface area contributed by atoms with Crippen LogP contribution in [0.5, 0.6) is 11.5 Å². The van der Waals surface area contributed by atoms with Crippen LogP contribution in [0.1, 0.15) is 34.8 Å². The molecule has 3 N–H and O–H groups in total. The molecule has 0 saturated heterocycles. The number of fused-ring (bicyclic) bond motifs is 1. The van der Waals surface area contributed by atoms with E-state index in [2.05, 4.69) is 10.5 Å². The Labute approximate surface area is 185 Å². The zero-order valence-corrected chi connectivity index (χ0v) is 17.8. The summed E-state index contributed by atoms with van der Waals surface area (Å²) in [4.78, 5) is 17.9. The van der Waals surface area contributed by atoms with Crippen molar-refractivity contribution in [1.82, 2.24) is 10.4 Å². The maximum atomic E-state index is 13.2. The van der Waals surface area contributed by atoms with Crippen molar-refractivity contribution in [2.24, 2.45) is 5.10 Å². The number of benzene rings is 3. The van der Waals surface area contributed by atoms with Gasteiger partial charge in [0, 0.05) is 16.5 Å². The Morgan fingerprint density at radius 3 is 2.56 bits per heavy atom. The Morgan fingerprint density at radius 2 is 1.78 bits per heavy atom. The summed E-state index contributed by atoms with van der Waals surface area (Å²) >= 11 is 0. The number of aryl methyl sites for hydroxylation is 1. The molecular formula is C26H23N3O3. The average molecular weight is 425 g/mol. The number of phenolic OH excluding ortho intramolecular Hbond substituents is 2. The van der Waals surface area contributed by atoms with Crippen LogP contribution in [0, 0.1) is 6.92 Å². The zero-order chi connectivity index (χ0) is 22.7. The van der Waals surface area contributed by atoms with Crippen LogP contribution in [0.25, 0.3) is 22.2 Å². The van der Waals surface area contributed by atoms with Gasteiger partial charge in [0.1, 0.15) is 11.5 Å². The fourth-order valence-electron chi connectivity index (χ4n) is 3.58. The highest BCUT2D eigenvalue weighted by molar-refractivity contribution is 6.08. The lowest BCUT2D eigenvalue weighted by atomic mass is 10.0. The van der Waals surface area contributed by atoms with Gasteiger partial charge in [-0.25, -0.2) is 10.4 Å². The standard InChI is InChI=1S/C26H23N3O3/c1-3-22(21-14-18(30)11-12-25(21)31)28-29-26(32)20-15-24(17-8-6-7-16(2)13-17)27-23-10-5-4-9-19(20)23/h4-15,30-31H,3H2,1-2H3,(H,29,32). The molecular weight excluding hydrogens is 402 g/mol. The van der Waals surface area contributed by atoms with E-state index >= 15 is 0 Å². The van der Waals surface area contributed by atoms with E-state index in [0.29, 0.717) is 34.5 Å². The molecule has 1 heterocycles. The molecule has 0 radical (unpaired) electrons. The Bertz CT molecular complexity index is 1350. The molecule has 1 amide bonds. The molecule has 0 aliphatic heterocycles. The van der Waals surface area contributed by atoms with E-state index in [1.54, 1.807) is 6.07 Å². The van der Waals surface area contributed by atoms with Gasteiger partial charge in [-0.15, -0.1) is 0 Å². The van der Waals surface area contributed by atoms with Crippen molar-refractivity contribution < 1.29 is 15.0 Å². The van der Waals surface area contributed by atoms with Crippen molar-refractivity contribution in [2.75, 3.05) is 0 Å². The molecule has 4 aromatic rings. The van der Waals surface area contributed by atoms with Gasteiger partial charge in [0.2, 0.25) is 0 Å². The third-order valence-corrected chi connectivity index (χ3v) is 5.19. The Morgan fingerprint density at radius 1 is 0.969 bits per heavy atom. The topological polar surface area (TPSA) is 94.8 Å². The van der Waals surface area contributed by atoms with Crippen LogP contribution in [0.4, 0.5) is 0 Å². The number of amides is 1. The number of carbonyl (C=O) groups is 1. The number of carbonyl (C=O) groups excluding carboxylic acids is 1. The second-order valence-electron chi connectivity index (χ2n) is 7.50. The first-order chi connectivity index (χ1) is 15.5. The van der Waals surface area contributed by atoms with Crippen molar-refractivity contribution >= 4 is 22.5 Å². The van der Waals surface area contributed by atoms with Crippen LogP contribution in [-0.4, -0.2) is 26.8 Å². The van der Waals surface area contributed by atoms with E-state index in [-0.39, 0.29) is 17.4 Å². The molecule has 0 spiro atoms. The summed E-state index contributed by atoms with van der Waals surface area (Å²) in [5.74, 6) is -0.398. The van der Waals surface area contributed by atoms with Crippen molar-refractivity contribution in [3.05, 3.63) is 89.5 Å². The largest absolute Gasteiger partial charge is 0.508 e. The number of hydrogen-bond donors (Lipinski definition) is 3. The van der Waals surface area contributed by atoms with Gasteiger partial charge in [-0.3, -0.25) is 4.79 Å². The molecule has 0 fully saturated rings. The van der Waals surface area contributed by atoms with Crippen molar-refractivity contribution in [1.29, 1.82) is 0 Å². The molecule has 160 valence electrons. The number of aromatic nitrogens is 1. The predicted molar refractivity (Wildman–Crippen MR) is 126 cm³/mol. The SMILES string of the molecule is CCC(=NNC(=O)c1cc(-c2cccc(C)c2)nc2ccccc12)c1cc(O)ccc1O. The summed E-state index contributed by atoms with van der Waals surface area (Å²) in [6, 6.07) is 21.4. The fourth-order valence-corrected chi connectivity index (χ4v) is 3.58. The summed E-state index contributed by atoms with van der Waals surface area (Å²) < 4.78 is 0. The van der Waals surface area contributed by atoms with E-state index < -0.39 is 0 Å². The molecule has 0 atom stereocenters. The third-order valence-electron chi connectivity index (χ3n) is 5.19. The van der Waals surface area contributed by atoms with E-state index in [4.69, 9.17) is 4.98 Å². The number of hydrogen-bond acceptors (Lipinski definition) is 5. The molecule has 6 nitrogen and oxygen atoms in total. The van der Waals surface area contributed by atoms with Gasteiger partial charge in [-0.05, 0) is 49.7 Å². The lowest BCUT2D eigenvalue weighted by molar-refractivity contribution is 0.0956. The lowest BCUT2D eigenvalue weighted by Gasteiger charge is -2.11. The number of aromatic hydroxyl groups is 2. The first kappa shape index (κ1) is 21.1. The van der Waals surface area contributed by atoms with Gasteiger partial charge in [0.25, 0.3) is 5.91 Å². The number of nitrogens with zero attached hydrogens (tertiary/aromatic N) is 2. The molecule has 0 aliphatic rings. The summed E-state index contributed by atoms with van der Waals surface area (Å²) in [6.45, 7) is 3.86. The van der Waals surface area contributed by atoms with E-state index in [1.807, 2.05) is 62.4 Å². The summed E-state index contributed by atoms with van der Waals surface area (Å²) in [7, 11) is 0. The summed E-state index contributed by atoms with van der Waals surface area (Å²) in [5.41, 5.74) is 7.31. The Hall–Kier alpha value is -4.19. The second kappa shape index (κ2) is 8.89. The number of phenols is 2. The average Bonchev–Trinajstić information content (AvgIpc) is 2.80. The number of hydrazone groups is 1. The van der Waals surface area contributed by atoms with Crippen LogP contribution < -0.4 is 5.43 Å². The highest BCUT2D eigenvalue weighted by atomic mass is 16.3. The van der Waals surface area contributed by atoms with Gasteiger partial charge >= 0.3 is 0 Å². The number of nitrogens with one attached hydrogen (secondary N) is 1. The van der Waals surface area contributed by atoms with Crippen LogP contribution in [0.3, 0.4) is 0 Å². The minimum absolute atomic E-state index is 0.00759. The second-order valence-corrected chi connectivity index (χ2v) is 7.50. The Kier molecular flexibility index (Phi) is 5.85. The van der Waals surface area contributed by atoms with Crippen LogP contribution >= 0.6 is 0 Å². The first-order valence-corrected chi connectivity index (χ1v) is 10.3. The minimum Gasteiger partial charge on any atom is -0.508 e. The van der Waals surface area contributed by atoms with Gasteiger partial charge < -0.3 is 10.2 Å².